The first-order valence-corrected chi connectivity index (χ1v) is 6.95. The van der Waals surface area contributed by atoms with Crippen LogP contribution >= 0.6 is 15.9 Å². The number of nitrogens with zero attached hydrogens (tertiary/aromatic N) is 3. The molecule has 1 N–H and O–H groups in total. The molecular formula is C12H19BrN4O. The van der Waals surface area contributed by atoms with Gasteiger partial charge in [-0.15, -0.1) is 0 Å². The van der Waals surface area contributed by atoms with Crippen molar-refractivity contribution in [2.75, 3.05) is 36.5 Å². The van der Waals surface area contributed by atoms with E-state index in [-0.39, 0.29) is 5.54 Å². The molecule has 0 amide bonds. The van der Waals surface area contributed by atoms with Crippen molar-refractivity contribution in [1.29, 1.82) is 0 Å². The molecule has 0 radical (unpaired) electrons. The third-order valence-corrected chi connectivity index (χ3v) is 3.75. The Morgan fingerprint density at radius 3 is 2.94 bits per heavy atom. The molecule has 0 aliphatic carbocycles. The Kier molecular flexibility index (Phi) is 4.07. The van der Waals surface area contributed by atoms with E-state index in [1.807, 2.05) is 6.92 Å². The molecular weight excluding hydrogens is 296 g/mol. The van der Waals surface area contributed by atoms with Crippen molar-refractivity contribution in [1.82, 2.24) is 9.97 Å². The lowest BCUT2D eigenvalue weighted by molar-refractivity contribution is 0.0638. The zero-order valence-electron chi connectivity index (χ0n) is 11.0. The van der Waals surface area contributed by atoms with Gasteiger partial charge in [-0.25, -0.2) is 9.97 Å². The van der Waals surface area contributed by atoms with Crippen LogP contribution in [0.25, 0.3) is 0 Å². The average molecular weight is 315 g/mol. The van der Waals surface area contributed by atoms with Gasteiger partial charge in [0.25, 0.3) is 0 Å². The van der Waals surface area contributed by atoms with Crippen molar-refractivity contribution >= 4 is 27.6 Å². The average Bonchev–Trinajstić information content (AvgIpc) is 2.32. The highest BCUT2D eigenvalue weighted by atomic mass is 79.9. The summed E-state index contributed by atoms with van der Waals surface area (Å²) in [6, 6.07) is 0. The van der Waals surface area contributed by atoms with Crippen LogP contribution in [0.15, 0.2) is 10.8 Å². The number of ether oxygens (including phenoxy) is 1. The predicted molar refractivity (Wildman–Crippen MR) is 76.1 cm³/mol. The van der Waals surface area contributed by atoms with Crippen molar-refractivity contribution in [2.24, 2.45) is 0 Å². The number of nitrogens with one attached hydrogen (secondary N) is 1. The van der Waals surface area contributed by atoms with Crippen LogP contribution in [0.5, 0.6) is 0 Å². The number of halogens is 1. The fourth-order valence-electron chi connectivity index (χ4n) is 2.09. The Bertz CT molecular complexity index is 425. The van der Waals surface area contributed by atoms with Gasteiger partial charge in [-0.05, 0) is 36.7 Å². The van der Waals surface area contributed by atoms with Gasteiger partial charge < -0.3 is 15.0 Å². The smallest absolute Gasteiger partial charge is 0.149 e. The molecule has 2 rings (SSSR count). The van der Waals surface area contributed by atoms with Gasteiger partial charge in [0.15, 0.2) is 0 Å². The van der Waals surface area contributed by atoms with Gasteiger partial charge in [-0.2, -0.15) is 0 Å². The van der Waals surface area contributed by atoms with Crippen molar-refractivity contribution in [3.63, 3.8) is 0 Å². The van der Waals surface area contributed by atoms with E-state index in [2.05, 4.69) is 50.0 Å². The van der Waals surface area contributed by atoms with Crippen molar-refractivity contribution < 1.29 is 4.74 Å². The van der Waals surface area contributed by atoms with Crippen LogP contribution in [0.3, 0.4) is 0 Å². The molecule has 1 aromatic rings. The topological polar surface area (TPSA) is 50.3 Å². The van der Waals surface area contributed by atoms with Gasteiger partial charge in [0, 0.05) is 13.1 Å². The lowest BCUT2D eigenvalue weighted by Gasteiger charge is -2.43. The first kappa shape index (κ1) is 13.5. The van der Waals surface area contributed by atoms with Crippen LogP contribution < -0.4 is 10.2 Å². The highest BCUT2D eigenvalue weighted by Gasteiger charge is 2.33. The summed E-state index contributed by atoms with van der Waals surface area (Å²) in [5, 5.41) is 3.23. The second-order valence-electron chi connectivity index (χ2n) is 4.91. The van der Waals surface area contributed by atoms with E-state index in [0.29, 0.717) is 6.61 Å². The van der Waals surface area contributed by atoms with Gasteiger partial charge in [0.2, 0.25) is 0 Å². The summed E-state index contributed by atoms with van der Waals surface area (Å²) in [5.41, 5.74) is -0.0569. The summed E-state index contributed by atoms with van der Waals surface area (Å²) in [6.45, 7) is 9.49. The Hall–Kier alpha value is -0.880. The zero-order chi connectivity index (χ0) is 13.2. The van der Waals surface area contributed by atoms with E-state index < -0.39 is 0 Å². The minimum atomic E-state index is -0.0569. The van der Waals surface area contributed by atoms with E-state index in [1.54, 1.807) is 6.33 Å². The molecule has 2 heterocycles. The molecule has 0 bridgehead atoms. The standard InChI is InChI=1S/C12H19BrN4O/c1-4-14-10-9(13)11(16-8-15-10)17-5-6-18-7-12(17,2)3/h8H,4-7H2,1-3H3,(H,14,15,16). The Balaban J connectivity index is 2.35. The van der Waals surface area contributed by atoms with Gasteiger partial charge in [0.1, 0.15) is 22.4 Å². The molecule has 0 atom stereocenters. The van der Waals surface area contributed by atoms with Gasteiger partial charge in [0.05, 0.1) is 18.8 Å². The molecule has 1 aliphatic heterocycles. The molecule has 1 saturated heterocycles. The first-order chi connectivity index (χ1) is 8.56. The number of hydrogen-bond donors (Lipinski definition) is 1. The minimum absolute atomic E-state index is 0.0569. The maximum absolute atomic E-state index is 5.54. The highest BCUT2D eigenvalue weighted by Crippen LogP contribution is 2.34. The van der Waals surface area contributed by atoms with Crippen LogP contribution in [0.2, 0.25) is 0 Å². The van der Waals surface area contributed by atoms with Gasteiger partial charge in [-0.3, -0.25) is 0 Å². The van der Waals surface area contributed by atoms with E-state index in [4.69, 9.17) is 4.74 Å². The number of aromatic nitrogens is 2. The fraction of sp³-hybridized carbons (Fsp3) is 0.667. The number of morpholine rings is 1. The van der Waals surface area contributed by atoms with Crippen LogP contribution in [0.4, 0.5) is 11.6 Å². The third-order valence-electron chi connectivity index (χ3n) is 3.02. The molecule has 0 saturated carbocycles. The number of hydrogen-bond acceptors (Lipinski definition) is 5. The first-order valence-electron chi connectivity index (χ1n) is 6.16. The minimum Gasteiger partial charge on any atom is -0.377 e. The summed E-state index contributed by atoms with van der Waals surface area (Å²) >= 11 is 3.60. The van der Waals surface area contributed by atoms with Gasteiger partial charge in [-0.1, -0.05) is 0 Å². The molecule has 0 unspecified atom stereocenters. The highest BCUT2D eigenvalue weighted by molar-refractivity contribution is 9.10. The summed E-state index contributed by atoms with van der Waals surface area (Å²) in [4.78, 5) is 10.9. The Labute approximate surface area is 116 Å². The van der Waals surface area contributed by atoms with Crippen molar-refractivity contribution in [3.8, 4) is 0 Å². The lowest BCUT2D eigenvalue weighted by atomic mass is 10.0. The summed E-state index contributed by atoms with van der Waals surface area (Å²) in [6.07, 6.45) is 1.60. The molecule has 5 nitrogen and oxygen atoms in total. The summed E-state index contributed by atoms with van der Waals surface area (Å²) in [7, 11) is 0. The van der Waals surface area contributed by atoms with E-state index in [0.717, 1.165) is 35.8 Å². The van der Waals surface area contributed by atoms with Crippen molar-refractivity contribution in [2.45, 2.75) is 26.3 Å². The van der Waals surface area contributed by atoms with Crippen molar-refractivity contribution in [3.05, 3.63) is 10.8 Å². The quantitative estimate of drug-likeness (QED) is 0.927. The normalized spacial score (nSPS) is 18.8. The van der Waals surface area contributed by atoms with E-state index in [9.17, 15) is 0 Å². The van der Waals surface area contributed by atoms with Crippen LogP contribution in [0, 0.1) is 0 Å². The molecule has 1 aliphatic rings. The molecule has 100 valence electrons. The Morgan fingerprint density at radius 2 is 2.28 bits per heavy atom. The van der Waals surface area contributed by atoms with E-state index in [1.165, 1.54) is 0 Å². The molecule has 0 aromatic carbocycles. The third kappa shape index (κ3) is 2.59. The second kappa shape index (κ2) is 5.40. The number of anilines is 2. The van der Waals surface area contributed by atoms with Gasteiger partial charge >= 0.3 is 0 Å². The van der Waals surface area contributed by atoms with Crippen LogP contribution in [-0.4, -0.2) is 41.8 Å². The maximum atomic E-state index is 5.54. The molecule has 0 spiro atoms. The predicted octanol–water partition coefficient (Wildman–Crippen LogP) is 2.29. The Morgan fingerprint density at radius 1 is 1.50 bits per heavy atom. The molecule has 18 heavy (non-hydrogen) atoms. The maximum Gasteiger partial charge on any atom is 0.149 e. The summed E-state index contributed by atoms with van der Waals surface area (Å²) < 4.78 is 6.46. The summed E-state index contributed by atoms with van der Waals surface area (Å²) in [5.74, 6) is 1.76. The fourth-order valence-corrected chi connectivity index (χ4v) is 2.65. The lowest BCUT2D eigenvalue weighted by Crippen LogP contribution is -2.53. The molecule has 1 aromatic heterocycles. The van der Waals surface area contributed by atoms with E-state index >= 15 is 0 Å². The SMILES string of the molecule is CCNc1ncnc(N2CCOCC2(C)C)c1Br. The number of rotatable bonds is 3. The zero-order valence-corrected chi connectivity index (χ0v) is 12.6. The van der Waals surface area contributed by atoms with Crippen LogP contribution in [-0.2, 0) is 4.74 Å². The second-order valence-corrected chi connectivity index (χ2v) is 5.70. The monoisotopic (exact) mass is 314 g/mol. The largest absolute Gasteiger partial charge is 0.377 e. The molecule has 6 heteroatoms. The molecule has 1 fully saturated rings. The van der Waals surface area contributed by atoms with Crippen LogP contribution in [0.1, 0.15) is 20.8 Å².